The molecule has 0 unspecified atom stereocenters. The van der Waals surface area contributed by atoms with E-state index in [1.54, 1.807) is 35.3 Å². The summed E-state index contributed by atoms with van der Waals surface area (Å²) >= 11 is 0. The van der Waals surface area contributed by atoms with Crippen LogP contribution >= 0.6 is 0 Å². The molecule has 0 bridgehead atoms. The first kappa shape index (κ1) is 23.4. The molecule has 182 valence electrons. The Bertz CT molecular complexity index is 1620. The lowest BCUT2D eigenvalue weighted by Gasteiger charge is -2.11. The molecule has 0 amide bonds. The number of nitrogens with one attached hydrogen (secondary N) is 1. The largest absolute Gasteiger partial charge is 0.476 e. The monoisotopic (exact) mass is 501 g/mol. The molecule has 5 aromatic rings. The van der Waals surface area contributed by atoms with Crippen LogP contribution in [0.5, 0.6) is 5.88 Å². The van der Waals surface area contributed by atoms with Crippen LogP contribution in [-0.4, -0.2) is 51.0 Å². The smallest absolute Gasteiger partial charge is 0.245 e. The Morgan fingerprint density at radius 1 is 1.00 bits per heavy atom. The molecule has 3 aromatic heterocycles. The van der Waals surface area contributed by atoms with Crippen LogP contribution in [0, 0.1) is 0 Å². The van der Waals surface area contributed by atoms with Crippen molar-refractivity contribution in [1.82, 2.24) is 29.7 Å². The highest BCUT2D eigenvalue weighted by Crippen LogP contribution is 2.28. The van der Waals surface area contributed by atoms with Gasteiger partial charge in [-0.1, -0.05) is 24.3 Å². The minimum atomic E-state index is -3.33. The molecular formula is C25H23N7O3S. The predicted molar refractivity (Wildman–Crippen MR) is 136 cm³/mol. The van der Waals surface area contributed by atoms with Crippen LogP contribution in [0.3, 0.4) is 0 Å². The van der Waals surface area contributed by atoms with Crippen molar-refractivity contribution in [2.45, 2.75) is 18.4 Å². The van der Waals surface area contributed by atoms with Gasteiger partial charge in [-0.25, -0.2) is 28.1 Å². The summed E-state index contributed by atoms with van der Waals surface area (Å²) in [4.78, 5) is 18.0. The highest BCUT2D eigenvalue weighted by Gasteiger charge is 2.14. The highest BCUT2D eigenvalue weighted by molar-refractivity contribution is 7.90. The van der Waals surface area contributed by atoms with E-state index in [1.807, 2.05) is 43.3 Å². The molecule has 36 heavy (non-hydrogen) atoms. The van der Waals surface area contributed by atoms with Gasteiger partial charge in [0.15, 0.2) is 15.4 Å². The number of rotatable bonds is 8. The Kier molecular flexibility index (Phi) is 6.30. The Hall–Kier alpha value is -4.38. The van der Waals surface area contributed by atoms with Gasteiger partial charge in [0, 0.05) is 18.4 Å². The summed E-state index contributed by atoms with van der Waals surface area (Å²) in [5.74, 6) is 0.771. The van der Waals surface area contributed by atoms with E-state index in [1.165, 1.54) is 12.6 Å². The third-order valence-electron chi connectivity index (χ3n) is 5.42. The number of fused-ring (bicyclic) bond motifs is 1. The average molecular weight is 502 g/mol. The topological polar surface area (TPSA) is 125 Å². The van der Waals surface area contributed by atoms with E-state index < -0.39 is 9.84 Å². The van der Waals surface area contributed by atoms with Crippen molar-refractivity contribution in [1.29, 1.82) is 0 Å². The number of pyridine rings is 1. The maximum atomic E-state index is 12.0. The minimum Gasteiger partial charge on any atom is -0.476 e. The zero-order valence-corrected chi connectivity index (χ0v) is 20.5. The second-order valence-corrected chi connectivity index (χ2v) is 10.0. The number of nitrogens with zero attached hydrogens (tertiary/aromatic N) is 6. The van der Waals surface area contributed by atoms with Crippen molar-refractivity contribution >= 4 is 26.8 Å². The number of hydrogen-bond donors (Lipinski definition) is 1. The highest BCUT2D eigenvalue weighted by atomic mass is 32.2. The molecule has 1 N–H and O–H groups in total. The molecule has 10 nitrogen and oxygen atoms in total. The molecule has 3 heterocycles. The number of aromatic nitrogens is 6. The summed E-state index contributed by atoms with van der Waals surface area (Å²) in [5.41, 5.74) is 4.35. The van der Waals surface area contributed by atoms with Gasteiger partial charge in [-0.05, 0) is 48.9 Å². The number of anilines is 1. The Labute approximate surface area is 208 Å². The van der Waals surface area contributed by atoms with E-state index in [0.717, 1.165) is 11.3 Å². The maximum Gasteiger partial charge on any atom is 0.245 e. The molecule has 0 fully saturated rings. The van der Waals surface area contributed by atoms with Crippen molar-refractivity contribution in [3.8, 4) is 22.8 Å². The molecule has 11 heteroatoms. The molecule has 0 aliphatic heterocycles. The fourth-order valence-corrected chi connectivity index (χ4v) is 4.31. The van der Waals surface area contributed by atoms with Crippen LogP contribution in [0.25, 0.3) is 28.0 Å². The molecule has 2 aromatic carbocycles. The molecule has 5 rings (SSSR count). The summed E-state index contributed by atoms with van der Waals surface area (Å²) in [6.07, 6.45) is 4.32. The fourth-order valence-electron chi connectivity index (χ4n) is 3.64. The van der Waals surface area contributed by atoms with Crippen molar-refractivity contribution in [3.05, 3.63) is 78.9 Å². The van der Waals surface area contributed by atoms with Gasteiger partial charge in [0.1, 0.15) is 12.7 Å². The Balaban J connectivity index is 1.41. The number of benzene rings is 2. The lowest BCUT2D eigenvalue weighted by Crippen LogP contribution is -2.07. The average Bonchev–Trinajstić information content (AvgIpc) is 3.42. The molecule has 0 saturated carbocycles. The third-order valence-corrected chi connectivity index (χ3v) is 6.53. The maximum absolute atomic E-state index is 12.0. The number of sulfone groups is 1. The summed E-state index contributed by atoms with van der Waals surface area (Å²) in [5, 5.41) is 7.37. The lowest BCUT2D eigenvalue weighted by molar-refractivity contribution is 0.330. The van der Waals surface area contributed by atoms with Crippen molar-refractivity contribution in [2.24, 2.45) is 0 Å². The molecule has 0 spiro atoms. The van der Waals surface area contributed by atoms with Crippen molar-refractivity contribution in [2.75, 3.05) is 18.2 Å². The fraction of sp³-hybridized carbons (Fsp3) is 0.160. The van der Waals surface area contributed by atoms with E-state index in [4.69, 9.17) is 9.72 Å². The normalized spacial score (nSPS) is 11.5. The van der Waals surface area contributed by atoms with Gasteiger partial charge < -0.3 is 10.1 Å². The van der Waals surface area contributed by atoms with Gasteiger partial charge in [0.2, 0.25) is 11.8 Å². The van der Waals surface area contributed by atoms with Gasteiger partial charge in [0.25, 0.3) is 0 Å². The van der Waals surface area contributed by atoms with Gasteiger partial charge in [0.05, 0.1) is 28.4 Å². The first-order valence-corrected chi connectivity index (χ1v) is 13.1. The van der Waals surface area contributed by atoms with E-state index in [9.17, 15) is 8.42 Å². The van der Waals surface area contributed by atoms with Crippen LogP contribution in [0.2, 0.25) is 0 Å². The van der Waals surface area contributed by atoms with Gasteiger partial charge in [-0.2, -0.15) is 10.1 Å². The Morgan fingerprint density at radius 2 is 1.83 bits per heavy atom. The van der Waals surface area contributed by atoms with Crippen molar-refractivity contribution in [3.63, 3.8) is 0 Å². The van der Waals surface area contributed by atoms with Crippen LogP contribution in [-0.2, 0) is 16.4 Å². The first-order chi connectivity index (χ1) is 17.4. The van der Waals surface area contributed by atoms with E-state index in [-0.39, 0.29) is 4.90 Å². The standard InChI is InChI=1S/C25H23N7O3S/c1-3-35-24-23-22(12-11-21(29-23)18-5-4-6-20(13-18)36(2,33)34)30-25(31-24)27-14-17-7-9-19(10-8-17)32-16-26-15-28-32/h4-13,15-16H,3,14H2,1-2H3,(H,27,30,31). The molecule has 0 aliphatic carbocycles. The number of ether oxygens (including phenoxy) is 1. The second-order valence-electron chi connectivity index (χ2n) is 8.01. The summed E-state index contributed by atoms with van der Waals surface area (Å²) in [6, 6.07) is 18.2. The predicted octanol–water partition coefficient (Wildman–Crippen LogP) is 3.69. The molecular weight excluding hydrogens is 478 g/mol. The molecule has 0 atom stereocenters. The van der Waals surface area contributed by atoms with Crippen LogP contribution in [0.4, 0.5) is 5.95 Å². The summed E-state index contributed by atoms with van der Waals surface area (Å²) < 4.78 is 31.4. The molecule has 0 saturated heterocycles. The van der Waals surface area contributed by atoms with Crippen LogP contribution < -0.4 is 10.1 Å². The van der Waals surface area contributed by atoms with E-state index >= 15 is 0 Å². The first-order valence-electron chi connectivity index (χ1n) is 11.2. The van der Waals surface area contributed by atoms with Gasteiger partial charge in [-0.15, -0.1) is 0 Å². The third kappa shape index (κ3) is 5.01. The van der Waals surface area contributed by atoms with E-state index in [0.29, 0.717) is 47.3 Å². The number of hydrogen-bond acceptors (Lipinski definition) is 9. The molecule has 0 radical (unpaired) electrons. The Morgan fingerprint density at radius 3 is 2.56 bits per heavy atom. The second kappa shape index (κ2) is 9.70. The zero-order valence-electron chi connectivity index (χ0n) is 19.7. The zero-order chi connectivity index (χ0) is 25.1. The quantitative estimate of drug-likeness (QED) is 0.339. The van der Waals surface area contributed by atoms with Crippen LogP contribution in [0.15, 0.2) is 78.2 Å². The summed E-state index contributed by atoms with van der Waals surface area (Å²) in [7, 11) is -3.33. The van der Waals surface area contributed by atoms with Crippen LogP contribution in [0.1, 0.15) is 12.5 Å². The van der Waals surface area contributed by atoms with Gasteiger partial charge in [-0.3, -0.25) is 0 Å². The van der Waals surface area contributed by atoms with Crippen molar-refractivity contribution < 1.29 is 13.2 Å². The lowest BCUT2D eigenvalue weighted by atomic mass is 10.1. The summed E-state index contributed by atoms with van der Waals surface area (Å²) in [6.45, 7) is 2.79. The minimum absolute atomic E-state index is 0.233. The molecule has 0 aliphatic rings. The van der Waals surface area contributed by atoms with E-state index in [2.05, 4.69) is 25.4 Å². The van der Waals surface area contributed by atoms with Gasteiger partial charge >= 0.3 is 0 Å². The SMILES string of the molecule is CCOc1nc(NCc2ccc(-n3cncn3)cc2)nc2ccc(-c3cccc(S(C)(=O)=O)c3)nc12.